The van der Waals surface area contributed by atoms with Gasteiger partial charge in [0, 0.05) is 17.5 Å². The lowest BCUT2D eigenvalue weighted by atomic mass is 10.1. The van der Waals surface area contributed by atoms with Crippen molar-refractivity contribution in [2.24, 2.45) is 0 Å². The highest BCUT2D eigenvalue weighted by Crippen LogP contribution is 2.34. The van der Waals surface area contributed by atoms with E-state index in [9.17, 15) is 5.26 Å². The van der Waals surface area contributed by atoms with Gasteiger partial charge in [-0.25, -0.2) is 0 Å². The molecule has 1 heterocycles. The fraction of sp³-hybridized carbons (Fsp3) is 0.500. The Labute approximate surface area is 108 Å². The van der Waals surface area contributed by atoms with E-state index in [1.165, 1.54) is 12.8 Å². The fourth-order valence-corrected chi connectivity index (χ4v) is 3.19. The zero-order valence-electron chi connectivity index (χ0n) is 10.4. The first-order valence-corrected chi connectivity index (χ1v) is 7.38. The Balaban J connectivity index is 2.41. The van der Waals surface area contributed by atoms with Crippen LogP contribution in [0.15, 0.2) is 23.1 Å². The third kappa shape index (κ3) is 2.28. The van der Waals surface area contributed by atoms with Crippen molar-refractivity contribution in [3.63, 3.8) is 0 Å². The molecule has 1 unspecified atom stereocenters. The maximum atomic E-state index is 9.36. The number of benzene rings is 1. The van der Waals surface area contributed by atoms with Gasteiger partial charge in [-0.1, -0.05) is 13.0 Å². The highest BCUT2D eigenvalue weighted by Gasteiger charge is 2.25. The molecule has 0 bridgehead atoms. The zero-order chi connectivity index (χ0) is 12.3. The molecule has 0 amide bonds. The molecule has 0 saturated carbocycles. The van der Waals surface area contributed by atoms with Crippen LogP contribution >= 0.6 is 11.8 Å². The molecule has 0 radical (unpaired) electrons. The SMILES string of the molecule is CCC1CCCN1c1cccc(SC)c1C#N. The highest BCUT2D eigenvalue weighted by atomic mass is 32.2. The summed E-state index contributed by atoms with van der Waals surface area (Å²) in [4.78, 5) is 3.50. The van der Waals surface area contributed by atoms with Gasteiger partial charge in [0.15, 0.2) is 0 Å². The van der Waals surface area contributed by atoms with Gasteiger partial charge in [0.25, 0.3) is 0 Å². The third-order valence-corrected chi connectivity index (χ3v) is 4.27. The van der Waals surface area contributed by atoms with E-state index in [1.807, 2.05) is 12.3 Å². The Morgan fingerprint density at radius 3 is 3.00 bits per heavy atom. The quantitative estimate of drug-likeness (QED) is 0.762. The number of thioether (sulfide) groups is 1. The Morgan fingerprint density at radius 1 is 1.53 bits per heavy atom. The van der Waals surface area contributed by atoms with Crippen molar-refractivity contribution >= 4 is 17.4 Å². The summed E-state index contributed by atoms with van der Waals surface area (Å²) >= 11 is 1.65. The summed E-state index contributed by atoms with van der Waals surface area (Å²) in [6.45, 7) is 3.32. The van der Waals surface area contributed by atoms with Gasteiger partial charge in [-0.2, -0.15) is 5.26 Å². The van der Waals surface area contributed by atoms with Crippen molar-refractivity contribution in [1.29, 1.82) is 5.26 Å². The molecule has 0 N–H and O–H groups in total. The maximum absolute atomic E-state index is 9.36. The van der Waals surface area contributed by atoms with Crippen LogP contribution in [-0.4, -0.2) is 18.8 Å². The van der Waals surface area contributed by atoms with Gasteiger partial charge in [0.1, 0.15) is 6.07 Å². The summed E-state index contributed by atoms with van der Waals surface area (Å²) in [6, 6.07) is 9.17. The molecule has 1 aromatic carbocycles. The van der Waals surface area contributed by atoms with Crippen molar-refractivity contribution in [1.82, 2.24) is 0 Å². The smallest absolute Gasteiger partial charge is 0.103 e. The third-order valence-electron chi connectivity index (χ3n) is 3.49. The second-order valence-corrected chi connectivity index (χ2v) is 5.21. The molecular formula is C14H18N2S. The number of nitriles is 1. The second kappa shape index (κ2) is 5.46. The van der Waals surface area contributed by atoms with Gasteiger partial charge in [0.2, 0.25) is 0 Å². The average Bonchev–Trinajstić information content (AvgIpc) is 2.85. The van der Waals surface area contributed by atoms with E-state index in [0.29, 0.717) is 6.04 Å². The van der Waals surface area contributed by atoms with Crippen molar-refractivity contribution in [3.05, 3.63) is 23.8 Å². The molecule has 2 rings (SSSR count). The Hall–Kier alpha value is -1.14. The van der Waals surface area contributed by atoms with E-state index in [4.69, 9.17) is 0 Å². The molecule has 0 spiro atoms. The number of nitrogens with zero attached hydrogens (tertiary/aromatic N) is 2. The van der Waals surface area contributed by atoms with Crippen LogP contribution in [0.5, 0.6) is 0 Å². The number of hydrogen-bond acceptors (Lipinski definition) is 3. The lowest BCUT2D eigenvalue weighted by Crippen LogP contribution is -2.29. The van der Waals surface area contributed by atoms with Crippen LogP contribution in [0.2, 0.25) is 0 Å². The Morgan fingerprint density at radius 2 is 2.35 bits per heavy atom. The van der Waals surface area contributed by atoms with Gasteiger partial charge in [-0.15, -0.1) is 11.8 Å². The van der Waals surface area contributed by atoms with Crippen LogP contribution in [0.4, 0.5) is 5.69 Å². The number of anilines is 1. The summed E-state index contributed by atoms with van der Waals surface area (Å²) in [5.41, 5.74) is 1.98. The van der Waals surface area contributed by atoms with Crippen molar-refractivity contribution < 1.29 is 0 Å². The topological polar surface area (TPSA) is 27.0 Å². The van der Waals surface area contributed by atoms with Crippen LogP contribution in [0, 0.1) is 11.3 Å². The Bertz CT molecular complexity index is 436. The lowest BCUT2D eigenvalue weighted by Gasteiger charge is -2.27. The molecule has 2 nitrogen and oxygen atoms in total. The van der Waals surface area contributed by atoms with Crippen LogP contribution in [-0.2, 0) is 0 Å². The van der Waals surface area contributed by atoms with Crippen LogP contribution < -0.4 is 4.90 Å². The van der Waals surface area contributed by atoms with Crippen molar-refractivity contribution in [2.75, 3.05) is 17.7 Å². The molecule has 17 heavy (non-hydrogen) atoms. The minimum Gasteiger partial charge on any atom is -0.367 e. The summed E-state index contributed by atoms with van der Waals surface area (Å²) in [5.74, 6) is 0. The normalized spacial score (nSPS) is 19.4. The molecule has 1 atom stereocenters. The van der Waals surface area contributed by atoms with Crippen molar-refractivity contribution in [2.45, 2.75) is 37.1 Å². The molecule has 1 aliphatic heterocycles. The second-order valence-electron chi connectivity index (χ2n) is 4.36. The molecule has 90 valence electrons. The molecule has 1 saturated heterocycles. The first-order valence-electron chi connectivity index (χ1n) is 6.15. The summed E-state index contributed by atoms with van der Waals surface area (Å²) in [6.07, 6.45) is 5.69. The molecule has 0 aliphatic carbocycles. The predicted octanol–water partition coefficient (Wildman–Crippen LogP) is 3.66. The van der Waals surface area contributed by atoms with E-state index in [1.54, 1.807) is 11.8 Å². The predicted molar refractivity (Wildman–Crippen MR) is 73.6 cm³/mol. The van der Waals surface area contributed by atoms with E-state index >= 15 is 0 Å². The van der Waals surface area contributed by atoms with E-state index < -0.39 is 0 Å². The largest absolute Gasteiger partial charge is 0.367 e. The van der Waals surface area contributed by atoms with Gasteiger partial charge < -0.3 is 4.90 Å². The van der Waals surface area contributed by atoms with E-state index in [2.05, 4.69) is 30.0 Å². The monoisotopic (exact) mass is 246 g/mol. The standard InChI is InChI=1S/C14H18N2S/c1-3-11-6-5-9-16(11)13-7-4-8-14(17-2)12(13)10-15/h4,7-8,11H,3,5-6,9H2,1-2H3. The summed E-state index contributed by atoms with van der Waals surface area (Å²) in [5, 5.41) is 9.36. The van der Waals surface area contributed by atoms with E-state index in [0.717, 1.165) is 29.1 Å². The Kier molecular flexibility index (Phi) is 3.96. The van der Waals surface area contributed by atoms with Crippen LogP contribution in [0.25, 0.3) is 0 Å². The number of hydrogen-bond donors (Lipinski definition) is 0. The van der Waals surface area contributed by atoms with Gasteiger partial charge >= 0.3 is 0 Å². The summed E-state index contributed by atoms with van der Waals surface area (Å²) < 4.78 is 0. The zero-order valence-corrected chi connectivity index (χ0v) is 11.3. The average molecular weight is 246 g/mol. The van der Waals surface area contributed by atoms with E-state index in [-0.39, 0.29) is 0 Å². The van der Waals surface area contributed by atoms with Crippen molar-refractivity contribution in [3.8, 4) is 6.07 Å². The van der Waals surface area contributed by atoms with Gasteiger partial charge in [-0.3, -0.25) is 0 Å². The molecular weight excluding hydrogens is 228 g/mol. The molecule has 1 aliphatic rings. The maximum Gasteiger partial charge on any atom is 0.103 e. The summed E-state index contributed by atoms with van der Waals surface area (Å²) in [7, 11) is 0. The molecule has 1 fully saturated rings. The fourth-order valence-electron chi connectivity index (χ4n) is 2.62. The molecule has 1 aromatic rings. The minimum absolute atomic E-state index is 0.610. The molecule has 0 aromatic heterocycles. The first-order chi connectivity index (χ1) is 8.31. The minimum atomic E-state index is 0.610. The number of rotatable bonds is 3. The van der Waals surface area contributed by atoms with Gasteiger partial charge in [0.05, 0.1) is 11.3 Å². The molecule has 3 heteroatoms. The van der Waals surface area contributed by atoms with Gasteiger partial charge in [-0.05, 0) is 37.7 Å². The van der Waals surface area contributed by atoms with Crippen LogP contribution in [0.1, 0.15) is 31.7 Å². The first kappa shape index (κ1) is 12.3. The highest BCUT2D eigenvalue weighted by molar-refractivity contribution is 7.98. The lowest BCUT2D eigenvalue weighted by molar-refractivity contribution is 0.645. The van der Waals surface area contributed by atoms with Crippen LogP contribution in [0.3, 0.4) is 0 Å².